The number of aromatic nitrogens is 1. The highest BCUT2D eigenvalue weighted by atomic mass is 19.1. The highest BCUT2D eigenvalue weighted by Crippen LogP contribution is 2.42. The van der Waals surface area contributed by atoms with Crippen LogP contribution in [0.4, 0.5) is 10.1 Å². The zero-order valence-corrected chi connectivity index (χ0v) is 17.6. The molecule has 4 nitrogen and oxygen atoms in total. The molecule has 2 heterocycles. The summed E-state index contributed by atoms with van der Waals surface area (Å²) in [4.78, 5) is 17.5. The largest absolute Gasteiger partial charge is 0.383 e. The molecule has 0 amide bonds. The van der Waals surface area contributed by atoms with Crippen LogP contribution in [0, 0.1) is 31.0 Å². The molecule has 2 aliphatic carbocycles. The molecule has 0 saturated carbocycles. The molecule has 0 radical (unpaired) electrons. The maximum atomic E-state index is 15.2. The minimum absolute atomic E-state index is 0.0723. The molecule has 3 aliphatic rings. The Labute approximate surface area is 180 Å². The first-order valence-electron chi connectivity index (χ1n) is 10.6. The fraction of sp³-hybridized carbons (Fsp3) is 0.269. The number of allylic oxidation sites excluding steroid dienone is 6. The maximum Gasteiger partial charge on any atom is 0.168 e. The number of nitrogens with zero attached hydrogens (tertiary/aromatic N) is 2. The number of benzene rings is 1. The summed E-state index contributed by atoms with van der Waals surface area (Å²) in [5, 5.41) is 12.5. The Bertz CT molecular complexity index is 1290. The van der Waals surface area contributed by atoms with Crippen molar-refractivity contribution in [2.24, 2.45) is 0 Å². The third-order valence-electron chi connectivity index (χ3n) is 6.50. The first-order chi connectivity index (χ1) is 15.0. The molecular weight excluding hydrogens is 389 g/mol. The fourth-order valence-corrected chi connectivity index (χ4v) is 4.90. The molecule has 154 valence electrons. The van der Waals surface area contributed by atoms with Crippen LogP contribution in [0.15, 0.2) is 41.6 Å². The average molecular weight is 411 g/mol. The van der Waals surface area contributed by atoms with Crippen LogP contribution in [-0.2, 0) is 17.6 Å². The van der Waals surface area contributed by atoms with Gasteiger partial charge in [0.15, 0.2) is 5.78 Å². The molecule has 0 saturated heterocycles. The van der Waals surface area contributed by atoms with Crippen molar-refractivity contribution in [3.63, 3.8) is 0 Å². The van der Waals surface area contributed by atoms with Gasteiger partial charge in [-0.05, 0) is 79.2 Å². The van der Waals surface area contributed by atoms with Crippen molar-refractivity contribution >= 4 is 17.0 Å². The van der Waals surface area contributed by atoms with E-state index in [0.717, 1.165) is 58.6 Å². The molecule has 0 fully saturated rings. The second kappa shape index (κ2) is 7.31. The lowest BCUT2D eigenvalue weighted by atomic mass is 9.89. The van der Waals surface area contributed by atoms with Crippen LogP contribution in [0.25, 0.3) is 16.7 Å². The van der Waals surface area contributed by atoms with E-state index in [4.69, 9.17) is 5.26 Å². The van der Waals surface area contributed by atoms with E-state index < -0.39 is 0 Å². The summed E-state index contributed by atoms with van der Waals surface area (Å²) < 4.78 is 15.2. The van der Waals surface area contributed by atoms with Gasteiger partial charge in [-0.2, -0.15) is 5.26 Å². The topological polar surface area (TPSA) is 65.8 Å². The Morgan fingerprint density at radius 2 is 2.10 bits per heavy atom. The molecule has 5 heteroatoms. The lowest BCUT2D eigenvalue weighted by molar-refractivity contribution is -0.112. The number of ketones is 1. The zero-order chi connectivity index (χ0) is 21.7. The number of nitrogens with one attached hydrogen (secondary N) is 1. The van der Waals surface area contributed by atoms with Gasteiger partial charge in [0.05, 0.1) is 17.5 Å². The van der Waals surface area contributed by atoms with Crippen molar-refractivity contribution in [1.82, 2.24) is 4.98 Å². The Kier molecular flexibility index (Phi) is 4.59. The van der Waals surface area contributed by atoms with Gasteiger partial charge in [-0.25, -0.2) is 4.39 Å². The van der Waals surface area contributed by atoms with Crippen molar-refractivity contribution in [1.29, 1.82) is 5.26 Å². The Morgan fingerprint density at radius 3 is 2.87 bits per heavy atom. The summed E-state index contributed by atoms with van der Waals surface area (Å²) in [6.07, 6.45) is 9.96. The van der Waals surface area contributed by atoms with E-state index in [1.807, 2.05) is 32.2 Å². The highest BCUT2D eigenvalue weighted by Gasteiger charge is 2.31. The zero-order valence-electron chi connectivity index (χ0n) is 17.6. The number of hydrogen-bond donors (Lipinski definition) is 1. The maximum absolute atomic E-state index is 15.2. The number of carbonyl (C=O) groups excluding carboxylic acids is 1. The van der Waals surface area contributed by atoms with Crippen molar-refractivity contribution in [2.75, 3.05) is 11.9 Å². The average Bonchev–Trinajstić information content (AvgIpc) is 3.36. The van der Waals surface area contributed by atoms with Crippen molar-refractivity contribution in [2.45, 2.75) is 39.5 Å². The van der Waals surface area contributed by atoms with E-state index in [9.17, 15) is 4.79 Å². The smallest absolute Gasteiger partial charge is 0.168 e. The van der Waals surface area contributed by atoms with E-state index in [1.54, 1.807) is 12.1 Å². The molecule has 0 atom stereocenters. The second-order valence-corrected chi connectivity index (χ2v) is 8.39. The highest BCUT2D eigenvalue weighted by molar-refractivity contribution is 6.26. The molecule has 1 aromatic carbocycles. The summed E-state index contributed by atoms with van der Waals surface area (Å²) in [6.45, 7) is 4.90. The number of hydrogen-bond acceptors (Lipinski definition) is 4. The van der Waals surface area contributed by atoms with Crippen LogP contribution in [-0.4, -0.2) is 17.3 Å². The van der Waals surface area contributed by atoms with E-state index in [-0.39, 0.29) is 18.0 Å². The number of carbonyl (C=O) groups is 1. The van der Waals surface area contributed by atoms with Crippen LogP contribution in [0.5, 0.6) is 0 Å². The lowest BCUT2D eigenvalue weighted by Crippen LogP contribution is -2.15. The van der Waals surface area contributed by atoms with Gasteiger partial charge in [0.1, 0.15) is 5.82 Å². The number of pyridine rings is 1. The van der Waals surface area contributed by atoms with Gasteiger partial charge < -0.3 is 5.32 Å². The minimum Gasteiger partial charge on any atom is -0.383 e. The minimum atomic E-state index is -0.353. The predicted molar refractivity (Wildman–Crippen MR) is 119 cm³/mol. The molecule has 31 heavy (non-hydrogen) atoms. The van der Waals surface area contributed by atoms with Crippen LogP contribution in [0.3, 0.4) is 0 Å². The molecule has 0 unspecified atom stereocenters. The third-order valence-corrected chi connectivity index (χ3v) is 6.50. The number of fused-ring (bicyclic) bond motifs is 2. The number of nitriles is 1. The third kappa shape index (κ3) is 3.11. The van der Waals surface area contributed by atoms with Gasteiger partial charge >= 0.3 is 0 Å². The van der Waals surface area contributed by atoms with Gasteiger partial charge in [-0.3, -0.25) is 9.78 Å². The van der Waals surface area contributed by atoms with Crippen LogP contribution in [0.2, 0.25) is 0 Å². The molecule has 5 rings (SSSR count). The monoisotopic (exact) mass is 411 g/mol. The van der Waals surface area contributed by atoms with Crippen molar-refractivity contribution in [3.05, 3.63) is 75.4 Å². The summed E-state index contributed by atoms with van der Waals surface area (Å²) in [5.74, 6) is -0.434. The number of halogens is 1. The molecular formula is C26H22FN3O. The summed E-state index contributed by atoms with van der Waals surface area (Å²) >= 11 is 0. The Balaban J connectivity index is 1.66. The molecule has 2 aromatic rings. The van der Waals surface area contributed by atoms with Crippen LogP contribution >= 0.6 is 0 Å². The van der Waals surface area contributed by atoms with Gasteiger partial charge in [0.2, 0.25) is 0 Å². The molecule has 1 aromatic heterocycles. The summed E-state index contributed by atoms with van der Waals surface area (Å²) in [7, 11) is 0. The predicted octanol–water partition coefficient (Wildman–Crippen LogP) is 5.15. The van der Waals surface area contributed by atoms with Crippen molar-refractivity contribution < 1.29 is 9.18 Å². The quantitative estimate of drug-likeness (QED) is 0.694. The first-order valence-corrected chi connectivity index (χ1v) is 10.6. The van der Waals surface area contributed by atoms with Crippen LogP contribution in [0.1, 0.15) is 40.8 Å². The van der Waals surface area contributed by atoms with Gasteiger partial charge in [0.25, 0.3) is 0 Å². The second-order valence-electron chi connectivity index (χ2n) is 8.39. The summed E-state index contributed by atoms with van der Waals surface area (Å²) in [6, 6.07) is 3.68. The molecule has 0 spiro atoms. The number of anilines is 1. The van der Waals surface area contributed by atoms with E-state index in [0.29, 0.717) is 28.7 Å². The first kappa shape index (κ1) is 19.4. The fourth-order valence-electron chi connectivity index (χ4n) is 4.90. The molecule has 1 aliphatic heterocycles. The van der Waals surface area contributed by atoms with E-state index in [1.165, 1.54) is 0 Å². The number of aryl methyl sites for hydroxylation is 1. The Hall–Kier alpha value is -3.52. The van der Waals surface area contributed by atoms with Gasteiger partial charge in [0, 0.05) is 41.4 Å². The normalized spacial score (nSPS) is 18.3. The molecule has 1 N–H and O–H groups in total. The SMILES string of the molecule is Cc1c(-c2cc(F)c3c(c2C)/C(=C/C2=CC(C#N)=CC2)C(=O)C3)cnc2c1NCCC2. The van der Waals surface area contributed by atoms with Gasteiger partial charge in [-0.15, -0.1) is 0 Å². The summed E-state index contributed by atoms with van der Waals surface area (Å²) in [5.41, 5.74) is 8.89. The molecule has 0 bridgehead atoms. The van der Waals surface area contributed by atoms with E-state index in [2.05, 4.69) is 16.4 Å². The number of Topliss-reactive ketones (excluding diaryl/α,β-unsaturated/α-hetero) is 1. The van der Waals surface area contributed by atoms with Crippen molar-refractivity contribution in [3.8, 4) is 17.2 Å². The lowest BCUT2D eigenvalue weighted by Gasteiger charge is -2.22. The Morgan fingerprint density at radius 1 is 1.26 bits per heavy atom. The standard InChI is InChI=1S/C26H22FN3O/c1-14-18(21-13-30-23-4-3-7-29-26(23)15(21)2)10-22(27)19-11-24(31)20(25(14)19)9-16-5-6-17(8-16)12-28/h6,8-10,13,29H,3-5,7,11H2,1-2H3/b20-9+. The van der Waals surface area contributed by atoms with E-state index >= 15 is 4.39 Å². The van der Waals surface area contributed by atoms with Crippen LogP contribution < -0.4 is 5.32 Å². The van der Waals surface area contributed by atoms with Gasteiger partial charge in [-0.1, -0.05) is 6.08 Å². The number of rotatable bonds is 2.